The molecule has 2 amide bonds. The van der Waals surface area contributed by atoms with Crippen LogP contribution in [0.25, 0.3) is 0 Å². The summed E-state index contributed by atoms with van der Waals surface area (Å²) in [6.07, 6.45) is 1.99. The minimum absolute atomic E-state index is 0.364. The standard InChI is InChI=1S/C18H20N4O2/c23-18(19-16-11-5-2-6-12-16)20-17-14-22(21-24-17)13-7-10-15-8-3-1-4-9-15/h1-6,8-9,11-12,21H,7,10,13-14H2,(H,19,23)/b20-17+. The zero-order chi connectivity index (χ0) is 16.6. The first kappa shape index (κ1) is 16.2. The molecule has 6 nitrogen and oxygen atoms in total. The summed E-state index contributed by atoms with van der Waals surface area (Å²) in [6, 6.07) is 19.1. The summed E-state index contributed by atoms with van der Waals surface area (Å²) in [5.41, 5.74) is 4.80. The quantitative estimate of drug-likeness (QED) is 0.887. The average Bonchev–Trinajstić information content (AvgIpc) is 3.04. The summed E-state index contributed by atoms with van der Waals surface area (Å²) in [7, 11) is 0. The molecular formula is C18H20N4O2. The van der Waals surface area contributed by atoms with Gasteiger partial charge in [0.25, 0.3) is 0 Å². The van der Waals surface area contributed by atoms with Crippen LogP contribution in [-0.4, -0.2) is 30.0 Å². The number of para-hydroxylation sites is 1. The molecule has 0 saturated carbocycles. The normalized spacial score (nSPS) is 16.1. The lowest BCUT2D eigenvalue weighted by molar-refractivity contribution is 0.0548. The van der Waals surface area contributed by atoms with E-state index in [0.717, 1.165) is 19.4 Å². The van der Waals surface area contributed by atoms with Crippen molar-refractivity contribution in [2.24, 2.45) is 4.99 Å². The zero-order valence-corrected chi connectivity index (χ0v) is 13.3. The fourth-order valence-corrected chi connectivity index (χ4v) is 2.43. The predicted molar refractivity (Wildman–Crippen MR) is 93.5 cm³/mol. The van der Waals surface area contributed by atoms with Crippen LogP contribution in [0.15, 0.2) is 65.7 Å². The van der Waals surface area contributed by atoms with E-state index in [9.17, 15) is 4.79 Å². The predicted octanol–water partition coefficient (Wildman–Crippen LogP) is 3.00. The molecule has 0 atom stereocenters. The molecule has 2 N–H and O–H groups in total. The Kier molecular flexibility index (Phi) is 5.55. The highest BCUT2D eigenvalue weighted by molar-refractivity contribution is 5.98. The molecule has 124 valence electrons. The molecule has 24 heavy (non-hydrogen) atoms. The van der Waals surface area contributed by atoms with E-state index in [2.05, 4.69) is 28.0 Å². The Hall–Kier alpha value is -2.70. The Labute approximate surface area is 141 Å². The second kappa shape index (κ2) is 8.24. The first-order chi connectivity index (χ1) is 11.8. The van der Waals surface area contributed by atoms with Gasteiger partial charge in [-0.2, -0.15) is 4.99 Å². The molecule has 2 aromatic carbocycles. The fourth-order valence-electron chi connectivity index (χ4n) is 2.43. The van der Waals surface area contributed by atoms with Gasteiger partial charge in [-0.1, -0.05) is 54.1 Å². The number of rotatable bonds is 5. The van der Waals surface area contributed by atoms with E-state index in [1.165, 1.54) is 5.56 Å². The lowest BCUT2D eigenvalue weighted by Crippen LogP contribution is -2.31. The summed E-state index contributed by atoms with van der Waals surface area (Å²) >= 11 is 0. The van der Waals surface area contributed by atoms with E-state index in [4.69, 9.17) is 4.84 Å². The van der Waals surface area contributed by atoms with Crippen LogP contribution in [0, 0.1) is 0 Å². The van der Waals surface area contributed by atoms with Gasteiger partial charge < -0.3 is 10.2 Å². The number of benzene rings is 2. The summed E-state index contributed by atoms with van der Waals surface area (Å²) in [5, 5.41) is 4.60. The number of aryl methyl sites for hydroxylation is 1. The molecule has 1 fully saturated rings. The van der Waals surface area contributed by atoms with Crippen molar-refractivity contribution >= 4 is 17.6 Å². The molecule has 0 spiro atoms. The summed E-state index contributed by atoms with van der Waals surface area (Å²) < 4.78 is 0. The van der Waals surface area contributed by atoms with Crippen LogP contribution in [0.3, 0.4) is 0 Å². The van der Waals surface area contributed by atoms with Gasteiger partial charge in [0.1, 0.15) is 0 Å². The highest BCUT2D eigenvalue weighted by Gasteiger charge is 2.20. The van der Waals surface area contributed by atoms with Crippen LogP contribution in [0.2, 0.25) is 0 Å². The summed E-state index contributed by atoms with van der Waals surface area (Å²) in [4.78, 5) is 21.0. The smallest absolute Gasteiger partial charge is 0.348 e. The van der Waals surface area contributed by atoms with Gasteiger partial charge in [-0.25, -0.2) is 9.80 Å². The maximum atomic E-state index is 11.8. The number of urea groups is 1. The fraction of sp³-hybridized carbons (Fsp3) is 0.222. The van der Waals surface area contributed by atoms with Gasteiger partial charge in [0.05, 0.1) is 6.54 Å². The summed E-state index contributed by atoms with van der Waals surface area (Å²) in [6.45, 7) is 1.28. The maximum absolute atomic E-state index is 11.8. The van der Waals surface area contributed by atoms with Crippen LogP contribution < -0.4 is 10.9 Å². The molecule has 0 bridgehead atoms. The van der Waals surface area contributed by atoms with Gasteiger partial charge in [-0.3, -0.25) is 0 Å². The van der Waals surface area contributed by atoms with Gasteiger partial charge in [0.2, 0.25) is 5.90 Å². The number of amides is 2. The van der Waals surface area contributed by atoms with Crippen molar-refractivity contribution < 1.29 is 9.63 Å². The van der Waals surface area contributed by atoms with Crippen molar-refractivity contribution in [2.45, 2.75) is 12.8 Å². The van der Waals surface area contributed by atoms with Gasteiger partial charge >= 0.3 is 6.03 Å². The van der Waals surface area contributed by atoms with Crippen molar-refractivity contribution in [2.75, 3.05) is 18.4 Å². The highest BCUT2D eigenvalue weighted by atomic mass is 16.7. The molecular weight excluding hydrogens is 304 g/mol. The Bertz CT molecular complexity index is 689. The number of nitrogens with zero attached hydrogens (tertiary/aromatic N) is 2. The third-order valence-corrected chi connectivity index (χ3v) is 3.61. The van der Waals surface area contributed by atoms with Crippen molar-refractivity contribution in [3.8, 4) is 0 Å². The van der Waals surface area contributed by atoms with E-state index >= 15 is 0 Å². The number of carbonyl (C=O) groups excluding carboxylic acids is 1. The van der Waals surface area contributed by atoms with Gasteiger partial charge in [0, 0.05) is 12.2 Å². The van der Waals surface area contributed by atoms with Crippen LogP contribution in [0.4, 0.5) is 10.5 Å². The Balaban J connectivity index is 1.42. The molecule has 3 rings (SSSR count). The molecule has 1 aliphatic rings. The molecule has 0 aliphatic carbocycles. The number of hydrogen-bond acceptors (Lipinski definition) is 4. The number of aliphatic imine (C=N–C) groups is 1. The molecule has 2 aromatic rings. The van der Waals surface area contributed by atoms with E-state index in [1.54, 1.807) is 0 Å². The molecule has 1 saturated heterocycles. The molecule has 1 aliphatic heterocycles. The lowest BCUT2D eigenvalue weighted by atomic mass is 10.1. The minimum Gasteiger partial charge on any atom is -0.376 e. The first-order valence-electron chi connectivity index (χ1n) is 7.94. The third-order valence-electron chi connectivity index (χ3n) is 3.61. The van der Waals surface area contributed by atoms with Crippen molar-refractivity contribution in [1.82, 2.24) is 10.6 Å². The first-order valence-corrected chi connectivity index (χ1v) is 7.94. The monoisotopic (exact) mass is 324 g/mol. The van der Waals surface area contributed by atoms with E-state index < -0.39 is 6.03 Å². The van der Waals surface area contributed by atoms with Gasteiger partial charge in [0.15, 0.2) is 0 Å². The molecule has 0 aromatic heterocycles. The second-order valence-corrected chi connectivity index (χ2v) is 5.51. The largest absolute Gasteiger partial charge is 0.376 e. The third kappa shape index (κ3) is 4.91. The molecule has 6 heteroatoms. The maximum Gasteiger partial charge on any atom is 0.348 e. The second-order valence-electron chi connectivity index (χ2n) is 5.51. The van der Waals surface area contributed by atoms with Crippen LogP contribution >= 0.6 is 0 Å². The zero-order valence-electron chi connectivity index (χ0n) is 13.3. The number of hydrazine groups is 1. The number of hydrogen-bond donors (Lipinski definition) is 2. The van der Waals surface area contributed by atoms with E-state index in [-0.39, 0.29) is 0 Å². The Morgan fingerprint density at radius 2 is 1.83 bits per heavy atom. The molecule has 1 heterocycles. The van der Waals surface area contributed by atoms with E-state index in [1.807, 2.05) is 53.5 Å². The number of nitrogens with one attached hydrogen (secondary N) is 2. The summed E-state index contributed by atoms with van der Waals surface area (Å²) in [5.74, 6) is 0.364. The van der Waals surface area contributed by atoms with Crippen LogP contribution in [0.5, 0.6) is 0 Å². The van der Waals surface area contributed by atoms with Crippen LogP contribution in [0.1, 0.15) is 12.0 Å². The number of carbonyl (C=O) groups is 1. The number of anilines is 1. The van der Waals surface area contributed by atoms with E-state index in [0.29, 0.717) is 18.1 Å². The van der Waals surface area contributed by atoms with Gasteiger partial charge in [-0.05, 0) is 30.5 Å². The van der Waals surface area contributed by atoms with Crippen molar-refractivity contribution in [3.63, 3.8) is 0 Å². The highest BCUT2D eigenvalue weighted by Crippen LogP contribution is 2.07. The van der Waals surface area contributed by atoms with Crippen molar-refractivity contribution in [3.05, 3.63) is 66.2 Å². The topological polar surface area (TPSA) is 66.0 Å². The van der Waals surface area contributed by atoms with Gasteiger partial charge in [-0.15, -0.1) is 0 Å². The van der Waals surface area contributed by atoms with Crippen LogP contribution in [-0.2, 0) is 11.3 Å². The SMILES string of the molecule is O=C(/N=C1\CN(CCCc2ccccc2)NO1)Nc1ccccc1. The Morgan fingerprint density at radius 3 is 2.58 bits per heavy atom. The average molecular weight is 324 g/mol. The van der Waals surface area contributed by atoms with Crippen molar-refractivity contribution in [1.29, 1.82) is 0 Å². The minimum atomic E-state index is -0.441. The lowest BCUT2D eigenvalue weighted by Gasteiger charge is -2.10. The molecule has 0 unspecified atom stereocenters. The molecule has 0 radical (unpaired) electrons. The Morgan fingerprint density at radius 1 is 1.12 bits per heavy atom.